The third-order valence-corrected chi connectivity index (χ3v) is 4.62. The Hall–Kier alpha value is -2.82. The van der Waals surface area contributed by atoms with Gasteiger partial charge in [-0.1, -0.05) is 0 Å². The summed E-state index contributed by atoms with van der Waals surface area (Å²) in [5.74, 6) is -3.18. The summed E-state index contributed by atoms with van der Waals surface area (Å²) in [7, 11) is 0. The number of nitrogens with two attached hydrogens (primary N) is 1. The minimum absolute atomic E-state index is 0.0253. The van der Waals surface area contributed by atoms with Crippen molar-refractivity contribution in [2.24, 2.45) is 5.73 Å². The van der Waals surface area contributed by atoms with Gasteiger partial charge in [0.25, 0.3) is 5.56 Å². The molecule has 0 spiro atoms. The number of hydrogen-bond acceptors (Lipinski definition) is 4. The molecule has 3 rings (SSSR count). The summed E-state index contributed by atoms with van der Waals surface area (Å²) in [5, 5.41) is 0. The van der Waals surface area contributed by atoms with E-state index in [0.717, 1.165) is 18.2 Å². The van der Waals surface area contributed by atoms with E-state index in [2.05, 4.69) is 4.98 Å². The average Bonchev–Trinajstić information content (AvgIpc) is 2.63. The second-order valence-electron chi connectivity index (χ2n) is 6.81. The summed E-state index contributed by atoms with van der Waals surface area (Å²) in [6.07, 6.45) is -5.08. The Labute approximate surface area is 161 Å². The number of alkyl halides is 3. The van der Waals surface area contributed by atoms with Gasteiger partial charge in [-0.3, -0.25) is 9.59 Å². The number of benzene rings is 1. The lowest BCUT2D eigenvalue weighted by Crippen LogP contribution is -2.42. The lowest BCUT2D eigenvalue weighted by Gasteiger charge is -2.29. The zero-order valence-corrected chi connectivity index (χ0v) is 15.0. The number of carbonyl (C=O) groups excluding carboxylic acids is 1. The summed E-state index contributed by atoms with van der Waals surface area (Å²) < 4.78 is 65.5. The molecule has 0 unspecified atom stereocenters. The molecule has 0 saturated carbocycles. The molecule has 11 heteroatoms. The van der Waals surface area contributed by atoms with Crippen molar-refractivity contribution < 1.29 is 26.7 Å². The van der Waals surface area contributed by atoms with E-state index in [9.17, 15) is 31.5 Å². The number of carbonyl (C=O) groups is 1. The molecule has 1 aromatic heterocycles. The molecule has 0 radical (unpaired) electrons. The topological polar surface area (TPSA) is 92.1 Å². The van der Waals surface area contributed by atoms with Crippen molar-refractivity contribution in [3.05, 3.63) is 62.8 Å². The molecule has 29 heavy (non-hydrogen) atoms. The molecular weight excluding hydrogens is 399 g/mol. The maximum absolute atomic E-state index is 13.7. The van der Waals surface area contributed by atoms with Crippen LogP contribution in [0, 0.1) is 11.6 Å². The van der Waals surface area contributed by atoms with Crippen LogP contribution in [0.4, 0.5) is 22.0 Å². The molecule has 0 fully saturated rings. The zero-order chi connectivity index (χ0) is 21.3. The second-order valence-corrected chi connectivity index (χ2v) is 6.81. The van der Waals surface area contributed by atoms with Crippen LogP contribution in [0.15, 0.2) is 23.0 Å². The van der Waals surface area contributed by atoms with Crippen molar-refractivity contribution in [2.45, 2.75) is 38.0 Å². The fraction of sp³-hybridized carbons (Fsp3) is 0.389. The number of H-pyrrole nitrogens is 1. The van der Waals surface area contributed by atoms with Crippen LogP contribution in [0.3, 0.4) is 0 Å². The van der Waals surface area contributed by atoms with Gasteiger partial charge in [0.1, 0.15) is 11.6 Å². The summed E-state index contributed by atoms with van der Waals surface area (Å²) in [4.78, 5) is 30.7. The van der Waals surface area contributed by atoms with E-state index in [4.69, 9.17) is 5.73 Å². The van der Waals surface area contributed by atoms with Crippen molar-refractivity contribution >= 4 is 5.91 Å². The minimum atomic E-state index is -4.82. The Balaban J connectivity index is 1.69. The van der Waals surface area contributed by atoms with Crippen LogP contribution in [-0.2, 0) is 30.4 Å². The van der Waals surface area contributed by atoms with Crippen molar-refractivity contribution in [1.82, 2.24) is 14.9 Å². The first kappa shape index (κ1) is 20.9. The largest absolute Gasteiger partial charge is 0.449 e. The Morgan fingerprint density at radius 3 is 2.72 bits per heavy atom. The molecular formula is C18H17F5N4O2. The van der Waals surface area contributed by atoms with Crippen molar-refractivity contribution in [1.29, 1.82) is 0 Å². The van der Waals surface area contributed by atoms with E-state index in [-0.39, 0.29) is 49.2 Å². The van der Waals surface area contributed by atoms with Gasteiger partial charge in [0, 0.05) is 24.6 Å². The quantitative estimate of drug-likeness (QED) is 0.745. The molecule has 0 bridgehead atoms. The predicted molar refractivity (Wildman–Crippen MR) is 91.6 cm³/mol. The van der Waals surface area contributed by atoms with Gasteiger partial charge in [-0.2, -0.15) is 13.2 Å². The highest BCUT2D eigenvalue weighted by Crippen LogP contribution is 2.26. The molecule has 2 heterocycles. The number of nitrogens with one attached hydrogen (secondary N) is 1. The monoisotopic (exact) mass is 416 g/mol. The molecule has 1 aromatic carbocycles. The molecule has 1 atom stereocenters. The van der Waals surface area contributed by atoms with E-state index < -0.39 is 41.1 Å². The first-order valence-corrected chi connectivity index (χ1v) is 8.71. The SMILES string of the molecule is N[C@@H](CC(=O)N1CCc2c(nc(C(F)(F)F)[nH]c2=O)C1)Cc1cc(F)ccc1F. The van der Waals surface area contributed by atoms with Gasteiger partial charge in [0.05, 0.1) is 12.2 Å². The van der Waals surface area contributed by atoms with Crippen molar-refractivity contribution in [2.75, 3.05) is 6.54 Å². The second kappa shape index (κ2) is 7.90. The van der Waals surface area contributed by atoms with E-state index in [1.165, 1.54) is 4.90 Å². The normalized spacial score (nSPS) is 15.2. The first-order chi connectivity index (χ1) is 13.5. The molecule has 2 aromatic rings. The van der Waals surface area contributed by atoms with Crippen LogP contribution < -0.4 is 11.3 Å². The standard InChI is InChI=1S/C18H17F5N4O2/c19-10-1-2-13(20)9(5-10)6-11(24)7-15(28)27-4-3-12-14(8-27)25-17(18(21,22)23)26-16(12)29/h1-2,5,11H,3-4,6-8,24H2,(H,25,26,29)/t11-/m1/s1. The van der Waals surface area contributed by atoms with E-state index in [1.807, 2.05) is 0 Å². The van der Waals surface area contributed by atoms with E-state index >= 15 is 0 Å². The Morgan fingerprint density at radius 2 is 2.03 bits per heavy atom. The fourth-order valence-electron chi connectivity index (χ4n) is 3.19. The van der Waals surface area contributed by atoms with Crippen LogP contribution in [0.1, 0.15) is 29.1 Å². The van der Waals surface area contributed by atoms with Crippen molar-refractivity contribution in [3.8, 4) is 0 Å². The number of nitrogens with zero attached hydrogens (tertiary/aromatic N) is 2. The Morgan fingerprint density at radius 1 is 1.31 bits per heavy atom. The third-order valence-electron chi connectivity index (χ3n) is 4.62. The molecule has 0 aliphatic carbocycles. The molecule has 1 aliphatic heterocycles. The van der Waals surface area contributed by atoms with E-state index in [0.29, 0.717) is 0 Å². The number of hydrogen-bond donors (Lipinski definition) is 2. The minimum Gasteiger partial charge on any atom is -0.336 e. The van der Waals surface area contributed by atoms with Crippen LogP contribution in [0.2, 0.25) is 0 Å². The van der Waals surface area contributed by atoms with Gasteiger partial charge in [-0.05, 0) is 36.6 Å². The summed E-state index contributed by atoms with van der Waals surface area (Å²) in [6, 6.07) is 2.09. The number of rotatable bonds is 4. The molecule has 1 aliphatic rings. The maximum atomic E-state index is 13.7. The van der Waals surface area contributed by atoms with Crippen LogP contribution in [-0.4, -0.2) is 33.4 Å². The number of fused-ring (bicyclic) bond motifs is 1. The zero-order valence-electron chi connectivity index (χ0n) is 15.0. The number of amides is 1. The molecule has 0 saturated heterocycles. The third kappa shape index (κ3) is 4.78. The fourth-order valence-corrected chi connectivity index (χ4v) is 3.19. The van der Waals surface area contributed by atoms with Gasteiger partial charge in [0.15, 0.2) is 0 Å². The highest BCUT2D eigenvalue weighted by molar-refractivity contribution is 5.77. The lowest BCUT2D eigenvalue weighted by molar-refractivity contribution is -0.145. The molecule has 6 nitrogen and oxygen atoms in total. The molecule has 156 valence electrons. The Bertz CT molecular complexity index is 989. The van der Waals surface area contributed by atoms with Gasteiger partial charge in [-0.15, -0.1) is 0 Å². The highest BCUT2D eigenvalue weighted by Gasteiger charge is 2.36. The summed E-state index contributed by atoms with van der Waals surface area (Å²) in [6.45, 7) is -0.148. The number of halogens is 5. The molecule has 3 N–H and O–H groups in total. The number of aromatic amines is 1. The smallest absolute Gasteiger partial charge is 0.336 e. The van der Waals surface area contributed by atoms with Gasteiger partial charge in [-0.25, -0.2) is 13.8 Å². The highest BCUT2D eigenvalue weighted by atomic mass is 19.4. The number of aromatic nitrogens is 2. The van der Waals surface area contributed by atoms with Gasteiger partial charge >= 0.3 is 6.18 Å². The predicted octanol–water partition coefficient (Wildman–Crippen LogP) is 1.91. The average molecular weight is 416 g/mol. The van der Waals surface area contributed by atoms with E-state index in [1.54, 1.807) is 4.98 Å². The summed E-state index contributed by atoms with van der Waals surface area (Å²) in [5.41, 5.74) is 5.00. The first-order valence-electron chi connectivity index (χ1n) is 8.71. The molecule has 1 amide bonds. The van der Waals surface area contributed by atoms with Crippen LogP contribution >= 0.6 is 0 Å². The van der Waals surface area contributed by atoms with Crippen molar-refractivity contribution in [3.63, 3.8) is 0 Å². The van der Waals surface area contributed by atoms with Crippen LogP contribution in [0.5, 0.6) is 0 Å². The summed E-state index contributed by atoms with van der Waals surface area (Å²) >= 11 is 0. The van der Waals surface area contributed by atoms with Crippen LogP contribution in [0.25, 0.3) is 0 Å². The van der Waals surface area contributed by atoms with Gasteiger partial charge in [0.2, 0.25) is 11.7 Å². The Kier molecular flexibility index (Phi) is 5.69. The van der Waals surface area contributed by atoms with Gasteiger partial charge < -0.3 is 15.6 Å². The lowest BCUT2D eigenvalue weighted by atomic mass is 10.0. The maximum Gasteiger partial charge on any atom is 0.449 e.